The molecule has 0 bridgehead atoms. The van der Waals surface area contributed by atoms with Crippen LogP contribution in [0.5, 0.6) is 5.75 Å². The van der Waals surface area contributed by atoms with Gasteiger partial charge in [-0.3, -0.25) is 0 Å². The third-order valence-electron chi connectivity index (χ3n) is 7.40. The molecule has 1 heterocycles. The van der Waals surface area contributed by atoms with Crippen molar-refractivity contribution in [2.24, 2.45) is 0 Å². The topological polar surface area (TPSA) is 58.7 Å². The van der Waals surface area contributed by atoms with E-state index in [0.29, 0.717) is 18.4 Å². The quantitative estimate of drug-likeness (QED) is 0.201. The molecule has 0 saturated carbocycles. The van der Waals surface area contributed by atoms with Crippen molar-refractivity contribution < 1.29 is 19.5 Å². The van der Waals surface area contributed by atoms with Gasteiger partial charge in [0, 0.05) is 23.9 Å². The van der Waals surface area contributed by atoms with Crippen LogP contribution in [0.25, 0.3) is 11.1 Å². The van der Waals surface area contributed by atoms with Crippen molar-refractivity contribution in [3.63, 3.8) is 0 Å². The maximum atomic E-state index is 12.8. The van der Waals surface area contributed by atoms with Crippen LogP contribution in [-0.2, 0) is 9.94 Å². The summed E-state index contributed by atoms with van der Waals surface area (Å²) >= 11 is 0. The Morgan fingerprint density at radius 1 is 0.784 bits per heavy atom. The molecule has 37 heavy (non-hydrogen) atoms. The predicted octanol–water partition coefficient (Wildman–Crippen LogP) is 8.40. The smallest absolute Gasteiger partial charge is 0.338 e. The Kier molecular flexibility index (Phi) is 10.6. The van der Waals surface area contributed by atoms with Gasteiger partial charge in [-0.2, -0.15) is 0 Å². The normalized spacial score (nSPS) is 17.5. The minimum Gasteiger partial charge on any atom is -0.494 e. The fourth-order valence-corrected chi connectivity index (χ4v) is 5.44. The third kappa shape index (κ3) is 8.58. The lowest BCUT2D eigenvalue weighted by atomic mass is 9.80. The molecule has 2 aromatic rings. The Morgan fingerprint density at radius 2 is 1.27 bits per heavy atom. The molecule has 2 aromatic carbocycles. The van der Waals surface area contributed by atoms with Crippen LogP contribution in [0.2, 0.25) is 0 Å². The van der Waals surface area contributed by atoms with Crippen LogP contribution in [0, 0.1) is 0 Å². The maximum absolute atomic E-state index is 12.8. The Bertz CT molecular complexity index is 947. The summed E-state index contributed by atoms with van der Waals surface area (Å²) in [6.45, 7) is 10.6. The molecule has 1 aliphatic heterocycles. The van der Waals surface area contributed by atoms with Gasteiger partial charge in [-0.05, 0) is 69.5 Å². The molecule has 3 rings (SSSR count). The summed E-state index contributed by atoms with van der Waals surface area (Å²) in [5.41, 5.74) is 1.49. The number of nitrogens with zero attached hydrogens (tertiary/aromatic N) is 1. The number of carbonyl (C=O) groups is 1. The molecule has 5 heteroatoms. The van der Waals surface area contributed by atoms with Crippen LogP contribution in [0.1, 0.15) is 109 Å². The molecule has 0 amide bonds. The average molecular weight is 509 g/mol. The average Bonchev–Trinajstić information content (AvgIpc) is 2.86. The van der Waals surface area contributed by atoms with E-state index >= 15 is 0 Å². The molecule has 203 valence electrons. The number of esters is 1. The molecule has 1 fully saturated rings. The highest BCUT2D eigenvalue weighted by Crippen LogP contribution is 2.38. The summed E-state index contributed by atoms with van der Waals surface area (Å²) in [5.74, 6) is 0.550. The molecule has 1 aliphatic rings. The lowest BCUT2D eigenvalue weighted by Crippen LogP contribution is -2.60. The second-order valence-corrected chi connectivity index (χ2v) is 11.8. The minimum atomic E-state index is -0.569. The van der Waals surface area contributed by atoms with Gasteiger partial charge in [-0.25, -0.2) is 4.79 Å². The van der Waals surface area contributed by atoms with Crippen molar-refractivity contribution >= 4 is 5.97 Å². The maximum Gasteiger partial charge on any atom is 0.338 e. The molecule has 1 saturated heterocycles. The number of benzene rings is 2. The SMILES string of the molecule is CCCCCCCCCCOc1ccc(-c2ccc(C(=O)OC3CC(C)(C)N([O])C(C)(C)C3)cc2)cc1. The van der Waals surface area contributed by atoms with Gasteiger partial charge < -0.3 is 9.47 Å². The molecule has 1 radical (unpaired) electrons. The van der Waals surface area contributed by atoms with Crippen LogP contribution in [0.3, 0.4) is 0 Å². The first kappa shape index (κ1) is 29.2. The lowest BCUT2D eigenvalue weighted by molar-refractivity contribution is -0.298. The van der Waals surface area contributed by atoms with Crippen molar-refractivity contribution in [3.05, 3.63) is 54.1 Å². The number of hydroxylamine groups is 2. The number of rotatable bonds is 13. The van der Waals surface area contributed by atoms with Gasteiger partial charge in [0.15, 0.2) is 0 Å². The van der Waals surface area contributed by atoms with Crippen molar-refractivity contribution in [1.29, 1.82) is 0 Å². The lowest BCUT2D eigenvalue weighted by Gasteiger charge is -2.49. The van der Waals surface area contributed by atoms with Crippen LogP contribution in [0.15, 0.2) is 48.5 Å². The highest BCUT2D eigenvalue weighted by molar-refractivity contribution is 5.90. The first-order valence-corrected chi connectivity index (χ1v) is 14.1. The van der Waals surface area contributed by atoms with Crippen LogP contribution < -0.4 is 4.74 Å². The van der Waals surface area contributed by atoms with Crippen molar-refractivity contribution in [2.45, 2.75) is 116 Å². The van der Waals surface area contributed by atoms with Gasteiger partial charge in [0.25, 0.3) is 0 Å². The Hall–Kier alpha value is -2.37. The van der Waals surface area contributed by atoms with E-state index in [1.807, 2.05) is 64.1 Å². The van der Waals surface area contributed by atoms with E-state index in [9.17, 15) is 10.0 Å². The molecule has 0 aromatic heterocycles. The summed E-state index contributed by atoms with van der Waals surface area (Å²) in [6, 6.07) is 15.6. The molecule has 0 spiro atoms. The largest absolute Gasteiger partial charge is 0.494 e. The van der Waals surface area contributed by atoms with E-state index in [1.165, 1.54) is 44.9 Å². The number of hydrogen-bond donors (Lipinski definition) is 0. The first-order chi connectivity index (χ1) is 17.6. The third-order valence-corrected chi connectivity index (χ3v) is 7.40. The zero-order valence-corrected chi connectivity index (χ0v) is 23.6. The standard InChI is InChI=1S/C32H46NO4/c1-6-7-8-9-10-11-12-13-22-36-28-20-18-26(19-21-28)25-14-16-27(17-15-25)30(34)37-29-23-31(2,3)33(35)32(4,5)24-29/h14-21,29H,6-13,22-24H2,1-5H3. The van der Waals surface area contributed by atoms with Crippen LogP contribution in [0.4, 0.5) is 0 Å². The summed E-state index contributed by atoms with van der Waals surface area (Å²) in [5, 5.41) is 13.7. The number of unbranched alkanes of at least 4 members (excludes halogenated alkanes) is 7. The predicted molar refractivity (Wildman–Crippen MR) is 149 cm³/mol. The fourth-order valence-electron chi connectivity index (χ4n) is 5.44. The molecular formula is C32H46NO4. The van der Waals surface area contributed by atoms with Gasteiger partial charge in [0.05, 0.1) is 12.2 Å². The number of hydrogen-bond acceptors (Lipinski definition) is 4. The van der Waals surface area contributed by atoms with E-state index in [0.717, 1.165) is 35.0 Å². The number of ether oxygens (including phenoxy) is 2. The Balaban J connectivity index is 1.45. The summed E-state index contributed by atoms with van der Waals surface area (Å²) < 4.78 is 11.7. The van der Waals surface area contributed by atoms with Crippen molar-refractivity contribution in [2.75, 3.05) is 6.61 Å². The van der Waals surface area contributed by atoms with E-state index in [4.69, 9.17) is 9.47 Å². The molecule has 5 nitrogen and oxygen atoms in total. The number of piperidine rings is 1. The highest BCUT2D eigenvalue weighted by Gasteiger charge is 2.47. The molecule has 0 atom stereocenters. The second-order valence-electron chi connectivity index (χ2n) is 11.8. The van der Waals surface area contributed by atoms with Crippen LogP contribution in [-0.4, -0.2) is 34.8 Å². The summed E-state index contributed by atoms with van der Waals surface area (Å²) in [7, 11) is 0. The Labute approximate surface area is 224 Å². The van der Waals surface area contributed by atoms with E-state index in [-0.39, 0.29) is 12.1 Å². The van der Waals surface area contributed by atoms with Gasteiger partial charge in [-0.15, -0.1) is 10.3 Å². The molecule has 0 aliphatic carbocycles. The summed E-state index contributed by atoms with van der Waals surface area (Å²) in [4.78, 5) is 12.8. The fraction of sp³-hybridized carbons (Fsp3) is 0.594. The summed E-state index contributed by atoms with van der Waals surface area (Å²) in [6.07, 6.45) is 11.1. The highest BCUT2D eigenvalue weighted by atomic mass is 16.5. The van der Waals surface area contributed by atoms with Gasteiger partial charge in [0.2, 0.25) is 0 Å². The number of carbonyl (C=O) groups excluding carboxylic acids is 1. The minimum absolute atomic E-state index is 0.277. The molecular weight excluding hydrogens is 462 g/mol. The van der Waals surface area contributed by atoms with Crippen molar-refractivity contribution in [1.82, 2.24) is 5.06 Å². The Morgan fingerprint density at radius 3 is 1.81 bits per heavy atom. The second kappa shape index (κ2) is 13.4. The van der Waals surface area contributed by atoms with Crippen molar-refractivity contribution in [3.8, 4) is 16.9 Å². The van der Waals surface area contributed by atoms with Crippen LogP contribution >= 0.6 is 0 Å². The van der Waals surface area contributed by atoms with Gasteiger partial charge in [0.1, 0.15) is 11.9 Å². The van der Waals surface area contributed by atoms with Gasteiger partial charge >= 0.3 is 5.97 Å². The monoisotopic (exact) mass is 508 g/mol. The first-order valence-electron chi connectivity index (χ1n) is 14.1. The zero-order valence-electron chi connectivity index (χ0n) is 23.6. The van der Waals surface area contributed by atoms with E-state index in [2.05, 4.69) is 19.1 Å². The van der Waals surface area contributed by atoms with Gasteiger partial charge in [-0.1, -0.05) is 76.1 Å². The van der Waals surface area contributed by atoms with E-state index in [1.54, 1.807) is 0 Å². The zero-order chi connectivity index (χ0) is 26.9. The molecule has 0 unspecified atom stereocenters. The van der Waals surface area contributed by atoms with E-state index < -0.39 is 11.1 Å². The molecule has 0 N–H and O–H groups in total.